The molecular formula is C14H18ClN. The SMILES string of the molecule is NC(Cc1ccccc1Cl)C1CC2CC2C1. The van der Waals surface area contributed by atoms with Crippen LogP contribution in [0.5, 0.6) is 0 Å². The summed E-state index contributed by atoms with van der Waals surface area (Å²) in [5.74, 6) is 2.77. The molecule has 0 aromatic heterocycles. The number of benzene rings is 1. The van der Waals surface area contributed by atoms with Crippen LogP contribution in [0.4, 0.5) is 0 Å². The Balaban J connectivity index is 1.64. The van der Waals surface area contributed by atoms with E-state index >= 15 is 0 Å². The van der Waals surface area contributed by atoms with Gasteiger partial charge in [-0.1, -0.05) is 29.8 Å². The third kappa shape index (κ3) is 1.99. The predicted molar refractivity (Wildman–Crippen MR) is 67.5 cm³/mol. The van der Waals surface area contributed by atoms with Crippen molar-refractivity contribution in [3.8, 4) is 0 Å². The molecule has 0 aliphatic heterocycles. The minimum Gasteiger partial charge on any atom is -0.327 e. The lowest BCUT2D eigenvalue weighted by molar-refractivity contribution is 0.392. The highest BCUT2D eigenvalue weighted by Crippen LogP contribution is 2.55. The number of fused-ring (bicyclic) bond motifs is 1. The molecule has 2 N–H and O–H groups in total. The van der Waals surface area contributed by atoms with Crippen molar-refractivity contribution in [3.05, 3.63) is 34.9 Å². The number of hydrogen-bond acceptors (Lipinski definition) is 1. The Kier molecular flexibility index (Phi) is 2.68. The van der Waals surface area contributed by atoms with E-state index < -0.39 is 0 Å². The molecule has 0 heterocycles. The molecule has 3 atom stereocenters. The molecule has 0 amide bonds. The molecule has 1 aromatic rings. The molecular weight excluding hydrogens is 218 g/mol. The number of rotatable bonds is 3. The summed E-state index contributed by atoms with van der Waals surface area (Å²) >= 11 is 6.16. The van der Waals surface area contributed by atoms with Gasteiger partial charge in [-0.2, -0.15) is 0 Å². The molecule has 0 saturated heterocycles. The molecule has 3 unspecified atom stereocenters. The maximum Gasteiger partial charge on any atom is 0.0438 e. The Morgan fingerprint density at radius 3 is 2.56 bits per heavy atom. The van der Waals surface area contributed by atoms with Crippen LogP contribution in [-0.2, 0) is 6.42 Å². The van der Waals surface area contributed by atoms with E-state index in [1.54, 1.807) is 0 Å². The summed E-state index contributed by atoms with van der Waals surface area (Å²) in [6, 6.07) is 8.36. The van der Waals surface area contributed by atoms with Gasteiger partial charge in [-0.05, 0) is 55.1 Å². The van der Waals surface area contributed by atoms with Crippen LogP contribution in [-0.4, -0.2) is 6.04 Å². The summed E-state index contributed by atoms with van der Waals surface area (Å²) in [5, 5.41) is 0.862. The first-order chi connectivity index (χ1) is 7.74. The van der Waals surface area contributed by atoms with Crippen molar-refractivity contribution in [2.45, 2.75) is 31.7 Å². The van der Waals surface area contributed by atoms with Crippen LogP contribution in [0, 0.1) is 17.8 Å². The highest BCUT2D eigenvalue weighted by atomic mass is 35.5. The van der Waals surface area contributed by atoms with Crippen molar-refractivity contribution in [2.75, 3.05) is 0 Å². The fourth-order valence-electron chi connectivity index (χ4n) is 3.20. The molecule has 1 nitrogen and oxygen atoms in total. The van der Waals surface area contributed by atoms with Crippen LogP contribution < -0.4 is 5.73 Å². The van der Waals surface area contributed by atoms with E-state index in [4.69, 9.17) is 17.3 Å². The van der Waals surface area contributed by atoms with Crippen molar-refractivity contribution in [3.63, 3.8) is 0 Å². The Morgan fingerprint density at radius 2 is 1.88 bits per heavy atom. The first-order valence-electron chi connectivity index (χ1n) is 6.23. The van der Waals surface area contributed by atoms with Crippen molar-refractivity contribution in [1.82, 2.24) is 0 Å². The zero-order valence-electron chi connectivity index (χ0n) is 9.40. The first-order valence-corrected chi connectivity index (χ1v) is 6.61. The van der Waals surface area contributed by atoms with Gasteiger partial charge in [-0.25, -0.2) is 0 Å². The van der Waals surface area contributed by atoms with Crippen LogP contribution in [0.25, 0.3) is 0 Å². The van der Waals surface area contributed by atoms with Gasteiger partial charge in [0.25, 0.3) is 0 Å². The molecule has 0 radical (unpaired) electrons. The van der Waals surface area contributed by atoms with E-state index in [2.05, 4.69) is 6.07 Å². The Labute approximate surface area is 102 Å². The maximum absolute atomic E-state index is 6.30. The van der Waals surface area contributed by atoms with Crippen molar-refractivity contribution >= 4 is 11.6 Å². The molecule has 2 heteroatoms. The van der Waals surface area contributed by atoms with Gasteiger partial charge in [0, 0.05) is 11.1 Å². The third-order valence-electron chi connectivity index (χ3n) is 4.30. The molecule has 0 bridgehead atoms. The maximum atomic E-state index is 6.30. The first kappa shape index (κ1) is 10.6. The summed E-state index contributed by atoms with van der Waals surface area (Å²) in [7, 11) is 0. The summed E-state index contributed by atoms with van der Waals surface area (Å²) in [6.07, 6.45) is 5.12. The van der Waals surface area contributed by atoms with Crippen LogP contribution in [0.1, 0.15) is 24.8 Å². The quantitative estimate of drug-likeness (QED) is 0.855. The zero-order chi connectivity index (χ0) is 11.1. The van der Waals surface area contributed by atoms with Gasteiger partial charge in [-0.15, -0.1) is 0 Å². The second-order valence-electron chi connectivity index (χ2n) is 5.45. The van der Waals surface area contributed by atoms with E-state index in [0.29, 0.717) is 6.04 Å². The van der Waals surface area contributed by atoms with E-state index in [9.17, 15) is 0 Å². The van der Waals surface area contributed by atoms with Crippen molar-refractivity contribution in [1.29, 1.82) is 0 Å². The summed E-state index contributed by atoms with van der Waals surface area (Å²) < 4.78 is 0. The predicted octanol–water partition coefficient (Wildman–Crippen LogP) is 3.26. The molecule has 16 heavy (non-hydrogen) atoms. The molecule has 2 fully saturated rings. The molecule has 3 rings (SSSR count). The van der Waals surface area contributed by atoms with Gasteiger partial charge in [0.15, 0.2) is 0 Å². The summed E-state index contributed by atoms with van der Waals surface area (Å²) in [4.78, 5) is 0. The molecule has 0 spiro atoms. The molecule has 2 aliphatic carbocycles. The van der Waals surface area contributed by atoms with Crippen molar-refractivity contribution < 1.29 is 0 Å². The van der Waals surface area contributed by atoms with E-state index in [1.807, 2.05) is 18.2 Å². The Bertz CT molecular complexity index is 380. The van der Waals surface area contributed by atoms with Crippen LogP contribution in [0.3, 0.4) is 0 Å². The largest absolute Gasteiger partial charge is 0.327 e. The van der Waals surface area contributed by atoms with Gasteiger partial charge in [0.1, 0.15) is 0 Å². The number of hydrogen-bond donors (Lipinski definition) is 1. The highest BCUT2D eigenvalue weighted by Gasteiger charge is 2.47. The topological polar surface area (TPSA) is 26.0 Å². The van der Waals surface area contributed by atoms with Crippen LogP contribution >= 0.6 is 11.6 Å². The van der Waals surface area contributed by atoms with E-state index in [1.165, 1.54) is 24.8 Å². The summed E-state index contributed by atoms with van der Waals surface area (Å²) in [5.41, 5.74) is 7.51. The molecule has 2 aliphatic rings. The Hall–Kier alpha value is -0.530. The summed E-state index contributed by atoms with van der Waals surface area (Å²) in [6.45, 7) is 0. The lowest BCUT2D eigenvalue weighted by atomic mass is 9.90. The minimum atomic E-state index is 0.299. The Morgan fingerprint density at radius 1 is 1.19 bits per heavy atom. The van der Waals surface area contributed by atoms with Gasteiger partial charge in [0.2, 0.25) is 0 Å². The number of halogens is 1. The smallest absolute Gasteiger partial charge is 0.0438 e. The second kappa shape index (κ2) is 4.05. The zero-order valence-corrected chi connectivity index (χ0v) is 10.2. The van der Waals surface area contributed by atoms with Crippen molar-refractivity contribution in [2.24, 2.45) is 23.5 Å². The fraction of sp³-hybridized carbons (Fsp3) is 0.571. The third-order valence-corrected chi connectivity index (χ3v) is 4.67. The van der Waals surface area contributed by atoms with Gasteiger partial charge in [0.05, 0.1) is 0 Å². The van der Waals surface area contributed by atoms with E-state index in [-0.39, 0.29) is 0 Å². The van der Waals surface area contributed by atoms with Gasteiger partial charge in [-0.3, -0.25) is 0 Å². The van der Waals surface area contributed by atoms with Gasteiger partial charge < -0.3 is 5.73 Å². The molecule has 2 saturated carbocycles. The standard InChI is InChI=1S/C14H18ClN/c15-13-4-2-1-3-9(13)8-14(16)12-6-10-5-11(10)7-12/h1-4,10-12,14H,5-8,16H2. The van der Waals surface area contributed by atoms with Gasteiger partial charge >= 0.3 is 0 Å². The minimum absolute atomic E-state index is 0.299. The van der Waals surface area contributed by atoms with E-state index in [0.717, 1.165) is 29.2 Å². The normalized spacial score (nSPS) is 33.5. The monoisotopic (exact) mass is 235 g/mol. The molecule has 86 valence electrons. The lowest BCUT2D eigenvalue weighted by Crippen LogP contribution is -2.31. The highest BCUT2D eigenvalue weighted by molar-refractivity contribution is 6.31. The lowest BCUT2D eigenvalue weighted by Gasteiger charge is -2.21. The van der Waals surface area contributed by atoms with Crippen LogP contribution in [0.15, 0.2) is 24.3 Å². The fourth-order valence-corrected chi connectivity index (χ4v) is 3.41. The molecule has 1 aromatic carbocycles. The average Bonchev–Trinajstić information content (AvgIpc) is 2.89. The number of nitrogens with two attached hydrogens (primary N) is 1. The average molecular weight is 236 g/mol. The second-order valence-corrected chi connectivity index (χ2v) is 5.85. The van der Waals surface area contributed by atoms with Crippen LogP contribution in [0.2, 0.25) is 5.02 Å².